The van der Waals surface area contributed by atoms with E-state index in [1.807, 2.05) is 0 Å². The second-order valence-corrected chi connectivity index (χ2v) is 2.54. The van der Waals surface area contributed by atoms with Crippen molar-refractivity contribution >= 4 is 11.6 Å². The molecule has 13 heavy (non-hydrogen) atoms. The lowest BCUT2D eigenvalue weighted by Crippen LogP contribution is -2.15. The van der Waals surface area contributed by atoms with Gasteiger partial charge in [0.2, 0.25) is 5.95 Å². The molecule has 0 atom stereocenters. The van der Waals surface area contributed by atoms with Crippen LogP contribution in [0.2, 0.25) is 0 Å². The van der Waals surface area contributed by atoms with Crippen molar-refractivity contribution in [3.05, 3.63) is 36.0 Å². The Morgan fingerprint density at radius 2 is 2.31 bits per heavy atom. The zero-order chi connectivity index (χ0) is 9.42. The highest BCUT2D eigenvalue weighted by Gasteiger charge is 2.15. The highest BCUT2D eigenvalue weighted by molar-refractivity contribution is 5.92. The molecule has 5 heteroatoms. The van der Waals surface area contributed by atoms with Gasteiger partial charge in [-0.25, -0.2) is 0 Å². The number of aromatic nitrogens is 2. The zero-order valence-corrected chi connectivity index (χ0v) is 6.57. The summed E-state index contributed by atoms with van der Waals surface area (Å²) < 4.78 is 14.3. The number of nitrogens with two attached hydrogens (primary N) is 1. The van der Waals surface area contributed by atoms with E-state index in [1.54, 1.807) is 18.2 Å². The lowest BCUT2D eigenvalue weighted by atomic mass is 10.4. The van der Waals surface area contributed by atoms with Gasteiger partial charge in [0.15, 0.2) is 5.69 Å². The van der Waals surface area contributed by atoms with Gasteiger partial charge in [-0.3, -0.25) is 9.20 Å². The lowest BCUT2D eigenvalue weighted by molar-refractivity contribution is 0.0990. The predicted octanol–water partition coefficient (Wildman–Crippen LogP) is 0.572. The van der Waals surface area contributed by atoms with E-state index < -0.39 is 11.9 Å². The Kier molecular flexibility index (Phi) is 1.51. The molecule has 2 aromatic rings. The number of nitrogens with zero attached hydrogens (tertiary/aromatic N) is 2. The van der Waals surface area contributed by atoms with Crippen molar-refractivity contribution in [1.82, 2.24) is 9.38 Å². The summed E-state index contributed by atoms with van der Waals surface area (Å²) in [5.41, 5.74) is 5.14. The molecule has 2 heterocycles. The summed E-state index contributed by atoms with van der Waals surface area (Å²) >= 11 is 0. The number of rotatable bonds is 1. The second kappa shape index (κ2) is 2.55. The Labute approximate surface area is 72.8 Å². The topological polar surface area (TPSA) is 60.4 Å². The molecule has 0 aliphatic rings. The molecule has 0 bridgehead atoms. The van der Waals surface area contributed by atoms with Crippen molar-refractivity contribution in [2.45, 2.75) is 0 Å². The summed E-state index contributed by atoms with van der Waals surface area (Å²) in [5.74, 6) is -1.66. The van der Waals surface area contributed by atoms with Crippen molar-refractivity contribution in [3.63, 3.8) is 0 Å². The van der Waals surface area contributed by atoms with Crippen LogP contribution in [0.5, 0.6) is 0 Å². The molecule has 0 spiro atoms. The maximum atomic E-state index is 13.0. The van der Waals surface area contributed by atoms with Crippen LogP contribution >= 0.6 is 0 Å². The molecule has 4 nitrogen and oxygen atoms in total. The van der Waals surface area contributed by atoms with Crippen molar-refractivity contribution in [2.24, 2.45) is 5.73 Å². The van der Waals surface area contributed by atoms with Gasteiger partial charge in [-0.1, -0.05) is 6.07 Å². The van der Waals surface area contributed by atoms with Crippen LogP contribution in [-0.2, 0) is 0 Å². The van der Waals surface area contributed by atoms with Crippen molar-refractivity contribution in [1.29, 1.82) is 0 Å². The smallest absolute Gasteiger partial charge is 0.270 e. The number of primary amides is 1. The van der Waals surface area contributed by atoms with Crippen LogP contribution < -0.4 is 5.73 Å². The van der Waals surface area contributed by atoms with Gasteiger partial charge in [0.1, 0.15) is 5.65 Å². The molecule has 0 fully saturated rings. The molecule has 0 radical (unpaired) electrons. The SMILES string of the molecule is NC(=O)c1c(F)nc2ccccn12. The molecule has 0 saturated heterocycles. The summed E-state index contributed by atoms with van der Waals surface area (Å²) in [4.78, 5) is 14.3. The highest BCUT2D eigenvalue weighted by Crippen LogP contribution is 2.09. The van der Waals surface area contributed by atoms with Crippen LogP contribution in [0, 0.1) is 5.95 Å². The monoisotopic (exact) mass is 179 g/mol. The van der Waals surface area contributed by atoms with E-state index in [0.29, 0.717) is 5.65 Å². The maximum Gasteiger partial charge on any atom is 0.270 e. The molecule has 0 unspecified atom stereocenters. The standard InChI is InChI=1S/C8H6FN3O/c9-7-6(8(10)13)12-4-2-1-3-5(12)11-7/h1-4H,(H2,10,13). The number of carbonyl (C=O) groups is 1. The Morgan fingerprint density at radius 3 is 3.00 bits per heavy atom. The molecule has 2 N–H and O–H groups in total. The van der Waals surface area contributed by atoms with E-state index in [9.17, 15) is 9.18 Å². The minimum atomic E-state index is -0.835. The predicted molar refractivity (Wildman–Crippen MR) is 43.7 cm³/mol. The van der Waals surface area contributed by atoms with Crippen LogP contribution in [0.3, 0.4) is 0 Å². The van der Waals surface area contributed by atoms with E-state index in [-0.39, 0.29) is 5.69 Å². The van der Waals surface area contributed by atoms with Crippen LogP contribution in [0.4, 0.5) is 4.39 Å². The molecule has 0 aliphatic heterocycles. The van der Waals surface area contributed by atoms with E-state index in [0.717, 1.165) is 0 Å². The average Bonchev–Trinajstić information content (AvgIpc) is 2.39. The first-order valence-electron chi connectivity index (χ1n) is 3.62. The van der Waals surface area contributed by atoms with E-state index in [2.05, 4.69) is 4.98 Å². The molecule has 0 aromatic carbocycles. The highest BCUT2D eigenvalue weighted by atomic mass is 19.1. The van der Waals surface area contributed by atoms with Gasteiger partial charge in [-0.05, 0) is 12.1 Å². The van der Waals surface area contributed by atoms with Gasteiger partial charge < -0.3 is 5.73 Å². The minimum Gasteiger partial charge on any atom is -0.364 e. The number of carbonyl (C=O) groups excluding carboxylic acids is 1. The third-order valence-corrected chi connectivity index (χ3v) is 1.72. The number of imidazole rings is 1. The first kappa shape index (κ1) is 7.72. The van der Waals surface area contributed by atoms with Gasteiger partial charge in [0, 0.05) is 6.20 Å². The summed E-state index contributed by atoms with van der Waals surface area (Å²) in [6.07, 6.45) is 1.53. The van der Waals surface area contributed by atoms with Gasteiger partial charge >= 0.3 is 0 Å². The Bertz CT molecular complexity index is 477. The molecular formula is C8H6FN3O. The van der Waals surface area contributed by atoms with E-state index in [4.69, 9.17) is 5.73 Å². The number of pyridine rings is 1. The largest absolute Gasteiger partial charge is 0.364 e. The van der Waals surface area contributed by atoms with Gasteiger partial charge in [-0.15, -0.1) is 0 Å². The summed E-state index contributed by atoms with van der Waals surface area (Å²) in [6, 6.07) is 4.96. The van der Waals surface area contributed by atoms with Crippen LogP contribution in [0.1, 0.15) is 10.5 Å². The van der Waals surface area contributed by atoms with Crippen molar-refractivity contribution in [2.75, 3.05) is 0 Å². The number of hydrogen-bond donors (Lipinski definition) is 1. The first-order valence-corrected chi connectivity index (χ1v) is 3.62. The van der Waals surface area contributed by atoms with Crippen LogP contribution in [-0.4, -0.2) is 15.3 Å². The minimum absolute atomic E-state index is 0.212. The van der Waals surface area contributed by atoms with Gasteiger partial charge in [0.25, 0.3) is 5.91 Å². The average molecular weight is 179 g/mol. The first-order chi connectivity index (χ1) is 6.20. The van der Waals surface area contributed by atoms with Crippen LogP contribution in [0.15, 0.2) is 24.4 Å². The maximum absolute atomic E-state index is 13.0. The van der Waals surface area contributed by atoms with Gasteiger partial charge in [-0.2, -0.15) is 9.37 Å². The molecule has 0 saturated carbocycles. The molecule has 0 aliphatic carbocycles. The van der Waals surface area contributed by atoms with Crippen molar-refractivity contribution < 1.29 is 9.18 Å². The normalized spacial score (nSPS) is 10.5. The molecule has 1 amide bonds. The summed E-state index contributed by atoms with van der Waals surface area (Å²) in [6.45, 7) is 0. The number of amides is 1. The number of fused-ring (bicyclic) bond motifs is 1. The fraction of sp³-hybridized carbons (Fsp3) is 0. The van der Waals surface area contributed by atoms with Crippen LogP contribution in [0.25, 0.3) is 5.65 Å². The fourth-order valence-electron chi connectivity index (χ4n) is 1.19. The second-order valence-electron chi connectivity index (χ2n) is 2.54. The Morgan fingerprint density at radius 1 is 1.54 bits per heavy atom. The third kappa shape index (κ3) is 1.05. The molecule has 2 rings (SSSR count). The van der Waals surface area contributed by atoms with Gasteiger partial charge in [0.05, 0.1) is 0 Å². The van der Waals surface area contributed by atoms with E-state index in [1.165, 1.54) is 10.6 Å². The summed E-state index contributed by atoms with van der Waals surface area (Å²) in [5, 5.41) is 0. The Hall–Kier alpha value is -1.91. The fourth-order valence-corrected chi connectivity index (χ4v) is 1.19. The molecule has 66 valence electrons. The lowest BCUT2D eigenvalue weighted by Gasteiger charge is -1.94. The third-order valence-electron chi connectivity index (χ3n) is 1.72. The Balaban J connectivity index is 2.86. The molecular weight excluding hydrogens is 173 g/mol. The molecule has 2 aromatic heterocycles. The quantitative estimate of drug-likeness (QED) is 0.695. The summed E-state index contributed by atoms with van der Waals surface area (Å²) in [7, 11) is 0. The van der Waals surface area contributed by atoms with E-state index >= 15 is 0 Å². The number of halogens is 1. The number of hydrogen-bond acceptors (Lipinski definition) is 2. The van der Waals surface area contributed by atoms with Crippen molar-refractivity contribution in [3.8, 4) is 0 Å². The zero-order valence-electron chi connectivity index (χ0n) is 6.57.